The average molecular weight is 141 g/mol. The number of carboxylic acid groups (broad SMARTS) is 1. The molecule has 0 N–H and O–H groups in total. The van der Waals surface area contributed by atoms with Crippen molar-refractivity contribution in [3.8, 4) is 0 Å². The van der Waals surface area contributed by atoms with Crippen molar-refractivity contribution in [3.05, 3.63) is 12.2 Å². The molecule has 1 fully saturated rings. The fourth-order valence-electron chi connectivity index (χ4n) is 0.645. The molecule has 0 aromatic carbocycles. The highest BCUT2D eigenvalue weighted by molar-refractivity contribution is 5.77. The zero-order valence-electron chi connectivity index (χ0n) is 5.79. The molecule has 1 unspecified atom stereocenters. The number of aliphatic carboxylic acids is 1. The Morgan fingerprint density at radius 2 is 2.50 bits per heavy atom. The van der Waals surface area contributed by atoms with E-state index in [1.807, 2.05) is 6.92 Å². The van der Waals surface area contributed by atoms with E-state index in [1.165, 1.54) is 0 Å². The molecule has 1 aliphatic rings. The van der Waals surface area contributed by atoms with Crippen molar-refractivity contribution in [1.29, 1.82) is 0 Å². The lowest BCUT2D eigenvalue weighted by molar-refractivity contribution is -0.297. The Hall–Kier alpha value is -0.830. The largest absolute Gasteiger partial charge is 0.545 e. The summed E-state index contributed by atoms with van der Waals surface area (Å²) in [7, 11) is 0. The van der Waals surface area contributed by atoms with E-state index in [0.717, 1.165) is 12.7 Å². The second-order valence-corrected chi connectivity index (χ2v) is 2.66. The van der Waals surface area contributed by atoms with Gasteiger partial charge < -0.3 is 14.6 Å². The van der Waals surface area contributed by atoms with Crippen LogP contribution in [0.25, 0.3) is 0 Å². The van der Waals surface area contributed by atoms with Gasteiger partial charge in [-0.1, -0.05) is 6.08 Å². The summed E-state index contributed by atoms with van der Waals surface area (Å²) in [4.78, 5) is 9.87. The van der Waals surface area contributed by atoms with Crippen molar-refractivity contribution >= 4 is 5.97 Å². The van der Waals surface area contributed by atoms with Crippen LogP contribution < -0.4 is 5.11 Å². The third kappa shape index (κ3) is 2.19. The molecule has 1 heterocycles. The third-order valence-electron chi connectivity index (χ3n) is 1.44. The number of carboxylic acids is 1. The fraction of sp³-hybridized carbons (Fsp3) is 0.571. The summed E-state index contributed by atoms with van der Waals surface area (Å²) in [6, 6.07) is 0. The minimum Gasteiger partial charge on any atom is -0.545 e. The van der Waals surface area contributed by atoms with Gasteiger partial charge in [0.15, 0.2) is 0 Å². The number of carbonyl (C=O) groups excluding carboxylic acids is 1. The number of ether oxygens (including phenoxy) is 1. The van der Waals surface area contributed by atoms with Gasteiger partial charge in [0.2, 0.25) is 0 Å². The van der Waals surface area contributed by atoms with Crippen LogP contribution in [0, 0.1) is 0 Å². The van der Waals surface area contributed by atoms with Crippen LogP contribution in [0.3, 0.4) is 0 Å². The molecule has 1 saturated heterocycles. The van der Waals surface area contributed by atoms with E-state index in [9.17, 15) is 9.90 Å². The maximum atomic E-state index is 9.87. The Bertz CT molecular complexity index is 168. The predicted octanol–water partition coefficient (Wildman–Crippen LogP) is -0.529. The lowest BCUT2D eigenvalue weighted by Gasteiger charge is -1.97. The van der Waals surface area contributed by atoms with Gasteiger partial charge in [0.1, 0.15) is 0 Å². The molecular weight excluding hydrogens is 132 g/mol. The van der Waals surface area contributed by atoms with Gasteiger partial charge in [0.05, 0.1) is 18.2 Å². The number of hydrogen-bond acceptors (Lipinski definition) is 3. The van der Waals surface area contributed by atoms with Gasteiger partial charge in [-0.15, -0.1) is 0 Å². The first-order valence-electron chi connectivity index (χ1n) is 3.14. The molecule has 3 nitrogen and oxygen atoms in total. The standard InChI is InChI=1S/C7H10O3/c1-7(5-10-7)4-2-3-6(8)9/h2-3H,4-5H2,1H3,(H,8,9)/p-1/b3-2+. The highest BCUT2D eigenvalue weighted by Crippen LogP contribution is 2.29. The van der Waals surface area contributed by atoms with Gasteiger partial charge in [0.25, 0.3) is 0 Å². The molecule has 1 rings (SSSR count). The van der Waals surface area contributed by atoms with E-state index in [4.69, 9.17) is 4.74 Å². The minimum atomic E-state index is -1.15. The summed E-state index contributed by atoms with van der Waals surface area (Å²) < 4.78 is 5.01. The van der Waals surface area contributed by atoms with Gasteiger partial charge in [-0.05, 0) is 19.4 Å². The summed E-state index contributed by atoms with van der Waals surface area (Å²) in [5, 5.41) is 9.87. The maximum absolute atomic E-state index is 9.87. The first-order valence-corrected chi connectivity index (χ1v) is 3.14. The molecule has 10 heavy (non-hydrogen) atoms. The molecule has 1 aliphatic heterocycles. The fourth-order valence-corrected chi connectivity index (χ4v) is 0.645. The molecule has 0 radical (unpaired) electrons. The summed E-state index contributed by atoms with van der Waals surface area (Å²) >= 11 is 0. The van der Waals surface area contributed by atoms with Gasteiger partial charge in [-0.2, -0.15) is 0 Å². The second-order valence-electron chi connectivity index (χ2n) is 2.66. The molecule has 0 spiro atoms. The second kappa shape index (κ2) is 2.42. The number of rotatable bonds is 3. The summed E-state index contributed by atoms with van der Waals surface area (Å²) in [5.74, 6) is -1.15. The monoisotopic (exact) mass is 141 g/mol. The highest BCUT2D eigenvalue weighted by atomic mass is 16.6. The summed E-state index contributed by atoms with van der Waals surface area (Å²) in [5.41, 5.74) is -0.0913. The molecule has 0 aliphatic carbocycles. The Balaban J connectivity index is 2.21. The van der Waals surface area contributed by atoms with E-state index < -0.39 is 5.97 Å². The Labute approximate surface area is 59.3 Å². The SMILES string of the molecule is CC1(C/C=C/C(=O)[O-])CO1. The topological polar surface area (TPSA) is 52.7 Å². The van der Waals surface area contributed by atoms with E-state index in [1.54, 1.807) is 6.08 Å². The van der Waals surface area contributed by atoms with Gasteiger partial charge >= 0.3 is 0 Å². The molecule has 1 atom stereocenters. The van der Waals surface area contributed by atoms with Crippen molar-refractivity contribution in [1.82, 2.24) is 0 Å². The lowest BCUT2D eigenvalue weighted by Crippen LogP contribution is -2.18. The van der Waals surface area contributed by atoms with Crippen LogP contribution >= 0.6 is 0 Å². The molecule has 0 aromatic rings. The molecule has 0 saturated carbocycles. The van der Waals surface area contributed by atoms with Crippen LogP contribution in [0.2, 0.25) is 0 Å². The summed E-state index contributed by atoms with van der Waals surface area (Å²) in [6.45, 7) is 2.66. The molecule has 56 valence electrons. The normalized spacial score (nSPS) is 30.9. The number of carbonyl (C=O) groups is 1. The number of hydrogen-bond donors (Lipinski definition) is 0. The molecule has 0 amide bonds. The zero-order chi connectivity index (χ0) is 7.61. The van der Waals surface area contributed by atoms with E-state index in [2.05, 4.69) is 0 Å². The number of epoxide rings is 1. The first-order chi connectivity index (χ1) is 4.62. The first kappa shape index (κ1) is 7.28. The smallest absolute Gasteiger partial charge is 0.0922 e. The molecular formula is C7H9O3-. The lowest BCUT2D eigenvalue weighted by atomic mass is 10.1. The predicted molar refractivity (Wildman–Crippen MR) is 33.1 cm³/mol. The van der Waals surface area contributed by atoms with Crippen molar-refractivity contribution in [2.75, 3.05) is 6.61 Å². The third-order valence-corrected chi connectivity index (χ3v) is 1.44. The summed E-state index contributed by atoms with van der Waals surface area (Å²) in [6.07, 6.45) is 3.25. The van der Waals surface area contributed by atoms with Crippen LogP contribution in [0.4, 0.5) is 0 Å². The van der Waals surface area contributed by atoms with Crippen LogP contribution in [0.15, 0.2) is 12.2 Å². The van der Waals surface area contributed by atoms with Crippen LogP contribution in [-0.4, -0.2) is 18.2 Å². The quantitative estimate of drug-likeness (QED) is 0.392. The van der Waals surface area contributed by atoms with Gasteiger partial charge in [-0.25, -0.2) is 0 Å². The molecule has 0 bridgehead atoms. The Morgan fingerprint density at radius 1 is 1.90 bits per heavy atom. The van der Waals surface area contributed by atoms with Crippen molar-refractivity contribution < 1.29 is 14.6 Å². The van der Waals surface area contributed by atoms with E-state index in [-0.39, 0.29) is 5.60 Å². The van der Waals surface area contributed by atoms with Crippen molar-refractivity contribution in [3.63, 3.8) is 0 Å². The maximum Gasteiger partial charge on any atom is 0.0922 e. The van der Waals surface area contributed by atoms with Crippen molar-refractivity contribution in [2.45, 2.75) is 18.9 Å². The average Bonchev–Trinajstić information content (AvgIpc) is 2.47. The van der Waals surface area contributed by atoms with Crippen LogP contribution in [0.1, 0.15) is 13.3 Å². The van der Waals surface area contributed by atoms with E-state index in [0.29, 0.717) is 6.42 Å². The van der Waals surface area contributed by atoms with Crippen LogP contribution in [0.5, 0.6) is 0 Å². The van der Waals surface area contributed by atoms with E-state index >= 15 is 0 Å². The molecule has 0 aromatic heterocycles. The van der Waals surface area contributed by atoms with Gasteiger partial charge in [0, 0.05) is 0 Å². The zero-order valence-corrected chi connectivity index (χ0v) is 5.79. The van der Waals surface area contributed by atoms with Crippen molar-refractivity contribution in [2.24, 2.45) is 0 Å². The van der Waals surface area contributed by atoms with Gasteiger partial charge in [-0.3, -0.25) is 0 Å². The Kier molecular flexibility index (Phi) is 1.76. The Morgan fingerprint density at radius 3 is 2.90 bits per heavy atom. The minimum absolute atomic E-state index is 0.0913. The highest BCUT2D eigenvalue weighted by Gasteiger charge is 2.37. The van der Waals surface area contributed by atoms with Crippen LogP contribution in [-0.2, 0) is 9.53 Å². The molecule has 3 heteroatoms.